The van der Waals surface area contributed by atoms with E-state index in [1.165, 1.54) is 23.6 Å². The van der Waals surface area contributed by atoms with Crippen molar-refractivity contribution in [1.82, 2.24) is 10.3 Å². The summed E-state index contributed by atoms with van der Waals surface area (Å²) in [4.78, 5) is 27.6. The summed E-state index contributed by atoms with van der Waals surface area (Å²) in [5.41, 5.74) is 0.157. The molecule has 1 atom stereocenters. The lowest BCUT2D eigenvalue weighted by molar-refractivity contribution is -0.137. The van der Waals surface area contributed by atoms with Crippen LogP contribution in [-0.4, -0.2) is 22.0 Å². The number of carboxylic acids is 1. The molecule has 0 saturated carbocycles. The summed E-state index contributed by atoms with van der Waals surface area (Å²) in [6.07, 6.45) is 1.24. The number of aromatic nitrogens is 1. The predicted molar refractivity (Wildman–Crippen MR) is 76.0 cm³/mol. The van der Waals surface area contributed by atoms with E-state index in [2.05, 4.69) is 10.3 Å². The summed E-state index contributed by atoms with van der Waals surface area (Å²) in [6, 6.07) is 6.00. The maximum Gasteiger partial charge on any atom is 0.305 e. The second kappa shape index (κ2) is 6.49. The third-order valence-corrected chi connectivity index (χ3v) is 3.75. The number of pyridine rings is 1. The van der Waals surface area contributed by atoms with Gasteiger partial charge in [-0.3, -0.25) is 14.6 Å². The number of carbonyl (C=O) groups is 2. The van der Waals surface area contributed by atoms with Crippen LogP contribution < -0.4 is 5.32 Å². The van der Waals surface area contributed by atoms with Crippen molar-refractivity contribution in [3.63, 3.8) is 0 Å². The summed E-state index contributed by atoms with van der Waals surface area (Å²) < 4.78 is 0. The van der Waals surface area contributed by atoms with Crippen LogP contribution >= 0.6 is 22.9 Å². The smallest absolute Gasteiger partial charge is 0.305 e. The van der Waals surface area contributed by atoms with Crippen molar-refractivity contribution >= 4 is 34.8 Å². The monoisotopic (exact) mass is 310 g/mol. The lowest BCUT2D eigenvalue weighted by Crippen LogP contribution is -2.30. The Labute approximate surface area is 124 Å². The van der Waals surface area contributed by atoms with Gasteiger partial charge in [0.25, 0.3) is 5.91 Å². The van der Waals surface area contributed by atoms with Crippen LogP contribution in [-0.2, 0) is 4.79 Å². The van der Waals surface area contributed by atoms with Gasteiger partial charge in [-0.25, -0.2) is 0 Å². The molecule has 0 fully saturated rings. The molecular formula is C13H11ClN2O3S. The molecule has 1 unspecified atom stereocenters. The molecule has 0 radical (unpaired) electrons. The summed E-state index contributed by atoms with van der Waals surface area (Å²) in [5.74, 6) is -1.44. The molecule has 20 heavy (non-hydrogen) atoms. The fourth-order valence-corrected chi connectivity index (χ4v) is 2.59. The molecule has 2 aromatic heterocycles. The van der Waals surface area contributed by atoms with Gasteiger partial charge in [-0.15, -0.1) is 11.3 Å². The van der Waals surface area contributed by atoms with Crippen LogP contribution in [0.25, 0.3) is 0 Å². The standard InChI is InChI=1S/C13H11ClN2O3S/c14-8-3-4-15-10(6-8)13(19)16-9(7-12(17)18)11-2-1-5-20-11/h1-6,9H,7H2,(H,16,19)(H,17,18). The van der Waals surface area contributed by atoms with Crippen molar-refractivity contribution in [2.24, 2.45) is 0 Å². The normalized spacial score (nSPS) is 11.8. The van der Waals surface area contributed by atoms with Gasteiger partial charge in [0.1, 0.15) is 5.69 Å². The number of thiophene rings is 1. The number of nitrogens with zero attached hydrogens (tertiary/aromatic N) is 1. The van der Waals surface area contributed by atoms with E-state index in [4.69, 9.17) is 16.7 Å². The highest BCUT2D eigenvalue weighted by atomic mass is 35.5. The molecule has 7 heteroatoms. The Morgan fingerprint density at radius 2 is 2.25 bits per heavy atom. The molecule has 2 heterocycles. The molecule has 5 nitrogen and oxygen atoms in total. The quantitative estimate of drug-likeness (QED) is 0.890. The SMILES string of the molecule is O=C(O)CC(NC(=O)c1cc(Cl)ccn1)c1cccs1. The van der Waals surface area contributed by atoms with E-state index in [1.54, 1.807) is 18.2 Å². The van der Waals surface area contributed by atoms with Gasteiger partial charge in [-0.1, -0.05) is 17.7 Å². The third-order valence-electron chi connectivity index (χ3n) is 2.53. The van der Waals surface area contributed by atoms with Gasteiger partial charge >= 0.3 is 5.97 Å². The Kier molecular flexibility index (Phi) is 4.70. The number of hydrogen-bond acceptors (Lipinski definition) is 4. The first-order valence-electron chi connectivity index (χ1n) is 5.74. The Bertz CT molecular complexity index is 616. The Morgan fingerprint density at radius 3 is 2.85 bits per heavy atom. The average molecular weight is 311 g/mol. The first-order chi connectivity index (χ1) is 9.56. The van der Waals surface area contributed by atoms with Crippen LogP contribution in [0, 0.1) is 0 Å². The highest BCUT2D eigenvalue weighted by Crippen LogP contribution is 2.22. The number of rotatable bonds is 5. The number of halogens is 1. The minimum Gasteiger partial charge on any atom is -0.481 e. The van der Waals surface area contributed by atoms with Crippen LogP contribution in [0.2, 0.25) is 5.02 Å². The molecule has 2 aromatic rings. The van der Waals surface area contributed by atoms with Crippen molar-refractivity contribution in [3.05, 3.63) is 51.4 Å². The molecule has 0 spiro atoms. The largest absolute Gasteiger partial charge is 0.481 e. The molecule has 2 rings (SSSR count). The van der Waals surface area contributed by atoms with Gasteiger partial charge in [-0.05, 0) is 23.6 Å². The van der Waals surface area contributed by atoms with Crippen molar-refractivity contribution in [3.8, 4) is 0 Å². The second-order valence-corrected chi connectivity index (χ2v) is 5.41. The summed E-state index contributed by atoms with van der Waals surface area (Å²) >= 11 is 7.19. The lowest BCUT2D eigenvalue weighted by atomic mass is 10.1. The van der Waals surface area contributed by atoms with E-state index in [-0.39, 0.29) is 12.1 Å². The number of nitrogens with one attached hydrogen (secondary N) is 1. The molecule has 0 aliphatic rings. The van der Waals surface area contributed by atoms with Gasteiger partial charge in [0.2, 0.25) is 0 Å². The van der Waals surface area contributed by atoms with Crippen molar-refractivity contribution in [1.29, 1.82) is 0 Å². The Morgan fingerprint density at radius 1 is 1.45 bits per heavy atom. The minimum absolute atomic E-state index is 0.157. The van der Waals surface area contributed by atoms with E-state index in [9.17, 15) is 9.59 Å². The summed E-state index contributed by atoms with van der Waals surface area (Å²) in [6.45, 7) is 0. The van der Waals surface area contributed by atoms with Crippen LogP contribution in [0.15, 0.2) is 35.8 Å². The van der Waals surface area contributed by atoms with Crippen LogP contribution in [0.1, 0.15) is 27.8 Å². The number of carbonyl (C=O) groups excluding carboxylic acids is 1. The van der Waals surface area contributed by atoms with Gasteiger partial charge in [0.15, 0.2) is 0 Å². The van der Waals surface area contributed by atoms with E-state index in [0.29, 0.717) is 5.02 Å². The predicted octanol–water partition coefficient (Wildman–Crippen LogP) is 2.74. The first kappa shape index (κ1) is 14.5. The lowest BCUT2D eigenvalue weighted by Gasteiger charge is -2.15. The topological polar surface area (TPSA) is 79.3 Å². The molecule has 0 bridgehead atoms. The van der Waals surface area contributed by atoms with Crippen LogP contribution in [0.3, 0.4) is 0 Å². The molecule has 2 N–H and O–H groups in total. The highest BCUT2D eigenvalue weighted by molar-refractivity contribution is 7.10. The number of hydrogen-bond donors (Lipinski definition) is 2. The van der Waals surface area contributed by atoms with Gasteiger partial charge < -0.3 is 10.4 Å². The first-order valence-corrected chi connectivity index (χ1v) is 6.99. The highest BCUT2D eigenvalue weighted by Gasteiger charge is 2.20. The maximum atomic E-state index is 12.1. The van der Waals surface area contributed by atoms with Crippen LogP contribution in [0.4, 0.5) is 0 Å². The molecule has 0 saturated heterocycles. The Balaban J connectivity index is 2.15. The van der Waals surface area contributed by atoms with Crippen molar-refractivity contribution in [2.45, 2.75) is 12.5 Å². The summed E-state index contributed by atoms with van der Waals surface area (Å²) in [7, 11) is 0. The molecule has 104 valence electrons. The number of carboxylic acid groups (broad SMARTS) is 1. The zero-order valence-corrected chi connectivity index (χ0v) is 11.8. The molecule has 0 aliphatic heterocycles. The minimum atomic E-state index is -0.984. The zero-order valence-electron chi connectivity index (χ0n) is 10.2. The average Bonchev–Trinajstić information content (AvgIpc) is 2.91. The van der Waals surface area contributed by atoms with E-state index in [1.807, 2.05) is 5.38 Å². The van der Waals surface area contributed by atoms with Gasteiger partial charge in [-0.2, -0.15) is 0 Å². The van der Waals surface area contributed by atoms with Crippen molar-refractivity contribution < 1.29 is 14.7 Å². The second-order valence-electron chi connectivity index (χ2n) is 4.00. The molecular weight excluding hydrogens is 300 g/mol. The van der Waals surface area contributed by atoms with E-state index in [0.717, 1.165) is 4.88 Å². The van der Waals surface area contributed by atoms with E-state index < -0.39 is 17.9 Å². The fraction of sp³-hybridized carbons (Fsp3) is 0.154. The number of aliphatic carboxylic acids is 1. The van der Waals surface area contributed by atoms with Crippen molar-refractivity contribution in [2.75, 3.05) is 0 Å². The zero-order chi connectivity index (χ0) is 14.5. The van der Waals surface area contributed by atoms with Gasteiger partial charge in [0.05, 0.1) is 12.5 Å². The molecule has 0 aromatic carbocycles. The van der Waals surface area contributed by atoms with Crippen LogP contribution in [0.5, 0.6) is 0 Å². The Hall–Kier alpha value is -1.92. The summed E-state index contributed by atoms with van der Waals surface area (Å²) in [5, 5.41) is 13.8. The molecule has 1 amide bonds. The maximum absolute atomic E-state index is 12.1. The molecule has 0 aliphatic carbocycles. The fourth-order valence-electron chi connectivity index (χ4n) is 1.65. The van der Waals surface area contributed by atoms with Gasteiger partial charge in [0, 0.05) is 16.1 Å². The van der Waals surface area contributed by atoms with E-state index >= 15 is 0 Å². The third kappa shape index (κ3) is 3.79. The number of amides is 1.